The van der Waals surface area contributed by atoms with Gasteiger partial charge in [-0.05, 0) is 13.0 Å². The Morgan fingerprint density at radius 2 is 2.38 bits per heavy atom. The molecule has 3 heteroatoms. The zero-order valence-electron chi connectivity index (χ0n) is 4.97. The lowest BCUT2D eigenvalue weighted by atomic mass is 10.4. The number of allylic oxidation sites excluding steroid dienone is 1. The van der Waals surface area contributed by atoms with Gasteiger partial charge < -0.3 is 0 Å². The highest BCUT2D eigenvalue weighted by Crippen LogP contribution is 1.69. The zero-order valence-corrected chi connectivity index (χ0v) is 4.97. The summed E-state index contributed by atoms with van der Waals surface area (Å²) in [6, 6.07) is 0. The SMILES string of the molecule is CON/C=C/C(C)=O. The van der Waals surface area contributed by atoms with Crippen LogP contribution in [0.5, 0.6) is 0 Å². The Morgan fingerprint density at radius 1 is 1.75 bits per heavy atom. The lowest BCUT2D eigenvalue weighted by Crippen LogP contribution is -2.01. The van der Waals surface area contributed by atoms with Gasteiger partial charge in [0.2, 0.25) is 0 Å². The minimum atomic E-state index is -0.00505. The molecule has 0 heterocycles. The van der Waals surface area contributed by atoms with Crippen LogP contribution in [0.2, 0.25) is 0 Å². The first-order valence-corrected chi connectivity index (χ1v) is 2.23. The normalized spacial score (nSPS) is 9.75. The fraction of sp³-hybridized carbons (Fsp3) is 0.400. The van der Waals surface area contributed by atoms with Gasteiger partial charge in [-0.2, -0.15) is 0 Å². The largest absolute Gasteiger partial charge is 0.295 e. The summed E-state index contributed by atoms with van der Waals surface area (Å²) in [6.07, 6.45) is 2.81. The fourth-order valence-electron chi connectivity index (χ4n) is 0.219. The first-order chi connectivity index (χ1) is 3.77. The number of rotatable bonds is 3. The van der Waals surface area contributed by atoms with Gasteiger partial charge in [-0.3, -0.25) is 15.1 Å². The van der Waals surface area contributed by atoms with Crippen LogP contribution < -0.4 is 5.48 Å². The second-order valence-corrected chi connectivity index (χ2v) is 1.27. The Hall–Kier alpha value is -0.830. The molecule has 0 aliphatic heterocycles. The molecule has 0 radical (unpaired) electrons. The Kier molecular flexibility index (Phi) is 3.88. The average molecular weight is 115 g/mol. The summed E-state index contributed by atoms with van der Waals surface area (Å²) in [7, 11) is 1.48. The van der Waals surface area contributed by atoms with Crippen molar-refractivity contribution in [2.75, 3.05) is 7.11 Å². The van der Waals surface area contributed by atoms with Crippen molar-refractivity contribution in [1.29, 1.82) is 0 Å². The van der Waals surface area contributed by atoms with E-state index in [4.69, 9.17) is 0 Å². The van der Waals surface area contributed by atoms with Crippen molar-refractivity contribution < 1.29 is 9.63 Å². The lowest BCUT2D eigenvalue weighted by Gasteiger charge is -1.89. The van der Waals surface area contributed by atoms with Crippen LogP contribution in [0.25, 0.3) is 0 Å². The molecule has 0 fully saturated rings. The van der Waals surface area contributed by atoms with E-state index in [0.717, 1.165) is 0 Å². The van der Waals surface area contributed by atoms with E-state index in [1.54, 1.807) is 0 Å². The van der Waals surface area contributed by atoms with Crippen LogP contribution in [-0.4, -0.2) is 12.9 Å². The molecule has 0 aromatic rings. The molecule has 0 spiro atoms. The molecule has 0 saturated heterocycles. The topological polar surface area (TPSA) is 38.3 Å². The number of carbonyl (C=O) groups is 1. The Morgan fingerprint density at radius 3 is 2.75 bits per heavy atom. The molecule has 0 saturated carbocycles. The molecule has 1 N–H and O–H groups in total. The highest BCUT2D eigenvalue weighted by molar-refractivity contribution is 5.86. The first-order valence-electron chi connectivity index (χ1n) is 2.23. The van der Waals surface area contributed by atoms with Crippen molar-refractivity contribution in [1.82, 2.24) is 5.48 Å². The molecule has 0 rings (SSSR count). The highest BCUT2D eigenvalue weighted by atomic mass is 16.6. The summed E-state index contributed by atoms with van der Waals surface area (Å²) >= 11 is 0. The molecule has 0 atom stereocenters. The van der Waals surface area contributed by atoms with Crippen molar-refractivity contribution in [3.63, 3.8) is 0 Å². The van der Waals surface area contributed by atoms with E-state index in [0.29, 0.717) is 0 Å². The van der Waals surface area contributed by atoms with Crippen molar-refractivity contribution >= 4 is 5.78 Å². The van der Waals surface area contributed by atoms with Crippen LogP contribution in [0.1, 0.15) is 6.92 Å². The molecule has 0 aromatic carbocycles. The third kappa shape index (κ3) is 5.17. The summed E-state index contributed by atoms with van der Waals surface area (Å²) in [5, 5.41) is 0. The molecule has 0 aliphatic carbocycles. The van der Waals surface area contributed by atoms with Crippen molar-refractivity contribution in [2.45, 2.75) is 6.92 Å². The highest BCUT2D eigenvalue weighted by Gasteiger charge is 1.76. The Labute approximate surface area is 48.3 Å². The third-order valence-corrected chi connectivity index (χ3v) is 0.504. The van der Waals surface area contributed by atoms with E-state index >= 15 is 0 Å². The van der Waals surface area contributed by atoms with Crippen LogP contribution in [0.3, 0.4) is 0 Å². The lowest BCUT2D eigenvalue weighted by molar-refractivity contribution is -0.112. The van der Waals surface area contributed by atoms with Crippen LogP contribution in [-0.2, 0) is 9.63 Å². The van der Waals surface area contributed by atoms with Crippen molar-refractivity contribution in [3.8, 4) is 0 Å². The molecule has 0 bridgehead atoms. The molecular weight excluding hydrogens is 106 g/mol. The molecule has 0 aromatic heterocycles. The molecule has 46 valence electrons. The minimum absolute atomic E-state index is 0.00505. The molecule has 0 unspecified atom stereocenters. The van der Waals surface area contributed by atoms with E-state index in [9.17, 15) is 4.79 Å². The predicted molar refractivity (Wildman–Crippen MR) is 30.0 cm³/mol. The van der Waals surface area contributed by atoms with E-state index in [1.807, 2.05) is 0 Å². The van der Waals surface area contributed by atoms with Crippen LogP contribution in [0.15, 0.2) is 12.3 Å². The second kappa shape index (κ2) is 4.33. The number of nitrogens with one attached hydrogen (secondary N) is 1. The Balaban J connectivity index is 3.20. The number of hydrogen-bond acceptors (Lipinski definition) is 3. The summed E-state index contributed by atoms with van der Waals surface area (Å²) < 4.78 is 0. The van der Waals surface area contributed by atoms with Gasteiger partial charge in [-0.15, -0.1) is 0 Å². The van der Waals surface area contributed by atoms with Gasteiger partial charge in [0, 0.05) is 6.20 Å². The van der Waals surface area contributed by atoms with Crippen LogP contribution in [0.4, 0.5) is 0 Å². The maximum Gasteiger partial charge on any atom is 0.154 e. The molecular formula is C5H9NO2. The van der Waals surface area contributed by atoms with Gasteiger partial charge in [-0.25, -0.2) is 0 Å². The van der Waals surface area contributed by atoms with E-state index in [-0.39, 0.29) is 5.78 Å². The van der Waals surface area contributed by atoms with Gasteiger partial charge in [-0.1, -0.05) is 0 Å². The fourth-order valence-corrected chi connectivity index (χ4v) is 0.219. The van der Waals surface area contributed by atoms with Crippen LogP contribution >= 0.6 is 0 Å². The van der Waals surface area contributed by atoms with Gasteiger partial charge >= 0.3 is 0 Å². The number of hydrogen-bond donors (Lipinski definition) is 1. The summed E-state index contributed by atoms with van der Waals surface area (Å²) in [4.78, 5) is 14.5. The predicted octanol–water partition coefficient (Wildman–Crippen LogP) is 0.240. The summed E-state index contributed by atoms with van der Waals surface area (Å²) in [5.74, 6) is -0.00505. The van der Waals surface area contributed by atoms with Crippen molar-refractivity contribution in [3.05, 3.63) is 12.3 Å². The quantitative estimate of drug-likeness (QED) is 0.423. The number of hydroxylamine groups is 1. The van der Waals surface area contributed by atoms with Crippen molar-refractivity contribution in [2.24, 2.45) is 0 Å². The standard InChI is InChI=1S/C5H9NO2/c1-5(7)3-4-6-8-2/h3-4,6H,1-2H3/b4-3+. The van der Waals surface area contributed by atoms with Gasteiger partial charge in [0.1, 0.15) is 0 Å². The van der Waals surface area contributed by atoms with Gasteiger partial charge in [0.25, 0.3) is 0 Å². The summed E-state index contributed by atoms with van der Waals surface area (Å²) in [6.45, 7) is 1.47. The zero-order chi connectivity index (χ0) is 6.41. The van der Waals surface area contributed by atoms with Crippen LogP contribution in [0, 0.1) is 0 Å². The maximum absolute atomic E-state index is 10.1. The minimum Gasteiger partial charge on any atom is -0.295 e. The average Bonchev–Trinajstić information content (AvgIpc) is 1.66. The third-order valence-electron chi connectivity index (χ3n) is 0.504. The molecule has 3 nitrogen and oxygen atoms in total. The van der Waals surface area contributed by atoms with Gasteiger partial charge in [0.05, 0.1) is 7.11 Å². The molecule has 0 amide bonds. The maximum atomic E-state index is 10.1. The van der Waals surface area contributed by atoms with E-state index < -0.39 is 0 Å². The molecule has 8 heavy (non-hydrogen) atoms. The first kappa shape index (κ1) is 7.17. The summed E-state index contributed by atoms with van der Waals surface area (Å²) in [5.41, 5.74) is 2.38. The number of ketones is 1. The van der Waals surface area contributed by atoms with E-state index in [2.05, 4.69) is 10.3 Å². The van der Waals surface area contributed by atoms with E-state index in [1.165, 1.54) is 26.3 Å². The second-order valence-electron chi connectivity index (χ2n) is 1.27. The Bertz CT molecular complexity index is 98.6. The van der Waals surface area contributed by atoms with Gasteiger partial charge in [0.15, 0.2) is 5.78 Å². The smallest absolute Gasteiger partial charge is 0.154 e. The molecule has 0 aliphatic rings. The monoisotopic (exact) mass is 115 g/mol. The number of carbonyl (C=O) groups excluding carboxylic acids is 1.